The van der Waals surface area contributed by atoms with Gasteiger partial charge in [-0.3, -0.25) is 0 Å². The highest BCUT2D eigenvalue weighted by Gasteiger charge is 2.29. The van der Waals surface area contributed by atoms with E-state index in [1.54, 1.807) is 0 Å². The SMILES string of the molecule is CCn1/c(=C/C=C2\CCCC(/C=C/C3=[N+](CC)c4cccc5cccc3c45)=C2Cl)c2cccc3cccc1c32.[I-]. The van der Waals surface area contributed by atoms with Crippen molar-refractivity contribution in [3.05, 3.63) is 118 Å². The molecule has 0 radical (unpaired) electrons. The molecular weight excluding hydrogens is 623 g/mol. The van der Waals surface area contributed by atoms with Crippen molar-refractivity contribution < 1.29 is 28.6 Å². The van der Waals surface area contributed by atoms with Gasteiger partial charge in [0.1, 0.15) is 6.54 Å². The van der Waals surface area contributed by atoms with Gasteiger partial charge in [-0.25, -0.2) is 0 Å². The van der Waals surface area contributed by atoms with Gasteiger partial charge in [0.2, 0.25) is 11.4 Å². The van der Waals surface area contributed by atoms with E-state index in [9.17, 15) is 0 Å². The van der Waals surface area contributed by atoms with E-state index in [0.29, 0.717) is 0 Å². The summed E-state index contributed by atoms with van der Waals surface area (Å²) in [4.78, 5) is 0. The molecule has 5 aromatic rings. The van der Waals surface area contributed by atoms with E-state index in [0.717, 1.165) is 37.4 Å². The largest absolute Gasteiger partial charge is 1.00 e. The van der Waals surface area contributed by atoms with Crippen LogP contribution in [0.4, 0.5) is 5.69 Å². The average Bonchev–Trinajstić information content (AvgIpc) is 3.46. The highest BCUT2D eigenvalue weighted by molar-refractivity contribution is 6.32. The van der Waals surface area contributed by atoms with Crippen LogP contribution in [0.2, 0.25) is 0 Å². The van der Waals surface area contributed by atoms with Crippen LogP contribution in [0.3, 0.4) is 0 Å². The molecule has 2 aliphatic rings. The molecule has 0 saturated heterocycles. The topological polar surface area (TPSA) is 7.94 Å². The van der Waals surface area contributed by atoms with Crippen LogP contribution in [0.1, 0.15) is 38.7 Å². The lowest BCUT2D eigenvalue weighted by molar-refractivity contribution is -0.430. The summed E-state index contributed by atoms with van der Waals surface area (Å²) in [6.07, 6.45) is 12.2. The first-order valence-electron chi connectivity index (χ1n) is 14.1. The first-order chi connectivity index (χ1) is 19.2. The van der Waals surface area contributed by atoms with Crippen LogP contribution in [0.25, 0.3) is 38.5 Å². The molecule has 0 bridgehead atoms. The van der Waals surface area contributed by atoms with Gasteiger partial charge in [-0.2, -0.15) is 4.58 Å². The lowest BCUT2D eigenvalue weighted by atomic mass is 9.93. The highest BCUT2D eigenvalue weighted by atomic mass is 127. The number of aryl methyl sites for hydroxylation is 1. The molecular formula is C36H32ClIN2. The van der Waals surface area contributed by atoms with Gasteiger partial charge in [0, 0.05) is 45.4 Å². The van der Waals surface area contributed by atoms with E-state index in [1.165, 1.54) is 65.9 Å². The molecule has 0 atom stereocenters. The monoisotopic (exact) mass is 654 g/mol. The Morgan fingerprint density at radius 1 is 0.825 bits per heavy atom. The molecule has 1 aromatic heterocycles. The number of hydrogen-bond donors (Lipinski definition) is 0. The van der Waals surface area contributed by atoms with E-state index in [2.05, 4.69) is 120 Å². The van der Waals surface area contributed by atoms with E-state index < -0.39 is 0 Å². The fourth-order valence-corrected chi connectivity index (χ4v) is 6.99. The molecule has 0 saturated carbocycles. The van der Waals surface area contributed by atoms with Crippen LogP contribution < -0.4 is 29.3 Å². The number of aromatic nitrogens is 1. The van der Waals surface area contributed by atoms with Crippen molar-refractivity contribution in [2.24, 2.45) is 0 Å². The van der Waals surface area contributed by atoms with Gasteiger partial charge in [-0.1, -0.05) is 78.4 Å². The Bertz CT molecular complexity index is 1960. The van der Waals surface area contributed by atoms with Crippen molar-refractivity contribution in [1.82, 2.24) is 4.57 Å². The Morgan fingerprint density at radius 3 is 2.33 bits per heavy atom. The molecule has 0 unspecified atom stereocenters. The van der Waals surface area contributed by atoms with E-state index in [4.69, 9.17) is 11.6 Å². The molecule has 1 aliphatic carbocycles. The summed E-state index contributed by atoms with van der Waals surface area (Å²) in [7, 11) is 0. The molecule has 1 aliphatic heterocycles. The van der Waals surface area contributed by atoms with Crippen LogP contribution in [0.15, 0.2) is 107 Å². The second-order valence-electron chi connectivity index (χ2n) is 10.5. The zero-order chi connectivity index (χ0) is 26.5. The van der Waals surface area contributed by atoms with Crippen molar-refractivity contribution in [1.29, 1.82) is 0 Å². The number of rotatable bonds is 5. The summed E-state index contributed by atoms with van der Waals surface area (Å²) in [6.45, 7) is 6.31. The van der Waals surface area contributed by atoms with Crippen LogP contribution in [0.5, 0.6) is 0 Å². The second-order valence-corrected chi connectivity index (χ2v) is 10.9. The molecule has 40 heavy (non-hydrogen) atoms. The Hall–Kier alpha value is -3.15. The molecule has 2 heterocycles. The lowest BCUT2D eigenvalue weighted by Crippen LogP contribution is -3.00. The van der Waals surface area contributed by atoms with E-state index >= 15 is 0 Å². The highest BCUT2D eigenvalue weighted by Crippen LogP contribution is 2.37. The number of benzene rings is 4. The van der Waals surface area contributed by atoms with Crippen molar-refractivity contribution in [2.45, 2.75) is 39.7 Å². The van der Waals surface area contributed by atoms with Gasteiger partial charge >= 0.3 is 0 Å². The maximum Gasteiger partial charge on any atom is 0.214 e. The quantitative estimate of drug-likeness (QED) is 0.167. The third-order valence-corrected chi connectivity index (χ3v) is 8.94. The minimum absolute atomic E-state index is 0. The second kappa shape index (κ2) is 11.0. The Morgan fingerprint density at radius 2 is 1.55 bits per heavy atom. The van der Waals surface area contributed by atoms with Crippen molar-refractivity contribution >= 4 is 61.5 Å². The molecule has 0 fully saturated rings. The van der Waals surface area contributed by atoms with Crippen LogP contribution in [0, 0.1) is 0 Å². The minimum Gasteiger partial charge on any atom is -1.00 e. The van der Waals surface area contributed by atoms with Crippen molar-refractivity contribution in [2.75, 3.05) is 6.54 Å². The number of allylic oxidation sites excluding steroid dienone is 6. The Balaban J connectivity index is 0.00000289. The van der Waals surface area contributed by atoms with Gasteiger partial charge in [0.05, 0.1) is 10.9 Å². The summed E-state index contributed by atoms with van der Waals surface area (Å²) >= 11 is 7.09. The van der Waals surface area contributed by atoms with E-state index in [1.807, 2.05) is 0 Å². The molecule has 7 rings (SSSR count). The molecule has 200 valence electrons. The van der Waals surface area contributed by atoms with Crippen LogP contribution >= 0.6 is 11.6 Å². The van der Waals surface area contributed by atoms with Gasteiger partial charge in [-0.05, 0) is 73.2 Å². The molecule has 0 N–H and O–H groups in total. The first kappa shape index (κ1) is 27.0. The smallest absolute Gasteiger partial charge is 0.214 e. The third-order valence-electron chi connectivity index (χ3n) is 8.45. The van der Waals surface area contributed by atoms with Crippen molar-refractivity contribution in [3.8, 4) is 0 Å². The van der Waals surface area contributed by atoms with Gasteiger partial charge in [0.25, 0.3) is 0 Å². The fraction of sp³-hybridized carbons (Fsp3) is 0.194. The molecule has 0 amide bonds. The summed E-state index contributed by atoms with van der Waals surface area (Å²) in [5.74, 6) is 0. The van der Waals surface area contributed by atoms with E-state index in [-0.39, 0.29) is 24.0 Å². The van der Waals surface area contributed by atoms with Gasteiger partial charge in [-0.15, -0.1) is 0 Å². The summed E-state index contributed by atoms with van der Waals surface area (Å²) in [5.41, 5.74) is 7.62. The maximum atomic E-state index is 7.09. The minimum atomic E-state index is 0. The average molecular weight is 655 g/mol. The Kier molecular flexibility index (Phi) is 7.45. The van der Waals surface area contributed by atoms with Crippen LogP contribution in [-0.4, -0.2) is 21.4 Å². The zero-order valence-electron chi connectivity index (χ0n) is 22.9. The normalized spacial score (nSPS) is 17.0. The van der Waals surface area contributed by atoms with Crippen LogP contribution in [-0.2, 0) is 6.54 Å². The zero-order valence-corrected chi connectivity index (χ0v) is 25.8. The number of hydrogen-bond acceptors (Lipinski definition) is 0. The summed E-state index contributed by atoms with van der Waals surface area (Å²) < 4.78 is 4.84. The number of halogens is 2. The lowest BCUT2D eigenvalue weighted by Gasteiger charge is -2.16. The summed E-state index contributed by atoms with van der Waals surface area (Å²) in [5, 5.41) is 8.77. The predicted octanol–water partition coefficient (Wildman–Crippen LogP) is 5.80. The van der Waals surface area contributed by atoms with Gasteiger partial charge in [0.15, 0.2) is 0 Å². The maximum absolute atomic E-state index is 7.09. The third kappa shape index (κ3) is 4.26. The van der Waals surface area contributed by atoms with Gasteiger partial charge < -0.3 is 28.5 Å². The number of nitrogens with zero attached hydrogens (tertiary/aromatic N) is 2. The molecule has 4 heteroatoms. The molecule has 0 spiro atoms. The standard InChI is InChI=1S/C36H32ClN2.HI/c1-3-38-30(28-16-6-10-24-12-8-18-32(38)34(24)28)22-20-26-14-5-15-27(36(26)37)21-23-31-29-17-7-11-25-13-9-19-33(35(25)29)39(31)4-2;/h6-13,16-23H,3-5,14-15H2,1-2H3;1H/q+1;/p-1. The molecule has 4 aromatic carbocycles. The summed E-state index contributed by atoms with van der Waals surface area (Å²) in [6, 6.07) is 26.4. The van der Waals surface area contributed by atoms with Crippen molar-refractivity contribution in [3.63, 3.8) is 0 Å². The predicted molar refractivity (Wildman–Crippen MR) is 167 cm³/mol. The first-order valence-corrected chi connectivity index (χ1v) is 14.5. The Labute approximate surface area is 257 Å². The fourth-order valence-electron chi connectivity index (χ4n) is 6.68. The molecule has 2 nitrogen and oxygen atoms in total.